The molecule has 0 bridgehead atoms. The maximum Gasteiger partial charge on any atom is 0.238 e. The van der Waals surface area contributed by atoms with E-state index in [2.05, 4.69) is 9.97 Å². The quantitative estimate of drug-likeness (QED) is 0.402. The number of H-pyrrole nitrogens is 1. The van der Waals surface area contributed by atoms with E-state index in [0.717, 1.165) is 11.9 Å². The van der Waals surface area contributed by atoms with Crippen molar-refractivity contribution in [3.63, 3.8) is 0 Å². The SMILES string of the molecule is CCCn1c(SCC(=O)c2[nH]c(C)c(C(C)=O)c2C)nc2cc(S(N)(=O)=O)ccc21. The van der Waals surface area contributed by atoms with Gasteiger partial charge >= 0.3 is 0 Å². The Hall–Kier alpha value is -2.43. The Morgan fingerprint density at radius 3 is 2.53 bits per heavy atom. The number of imidazole rings is 1. The van der Waals surface area contributed by atoms with Crippen molar-refractivity contribution in [2.24, 2.45) is 5.14 Å². The predicted molar refractivity (Wildman–Crippen MR) is 117 cm³/mol. The van der Waals surface area contributed by atoms with Crippen LogP contribution in [0.2, 0.25) is 0 Å². The second-order valence-corrected chi connectivity index (χ2v) is 9.64. The number of primary sulfonamides is 1. The number of Topliss-reactive ketones (excluding diaryl/α,β-unsaturated/α-hetero) is 2. The number of aromatic amines is 1. The van der Waals surface area contributed by atoms with Gasteiger partial charge < -0.3 is 9.55 Å². The summed E-state index contributed by atoms with van der Waals surface area (Å²) in [6.45, 7) is 7.72. The summed E-state index contributed by atoms with van der Waals surface area (Å²) in [5.74, 6) is -0.0792. The van der Waals surface area contributed by atoms with E-state index < -0.39 is 10.0 Å². The second-order valence-electron chi connectivity index (χ2n) is 7.13. The lowest BCUT2D eigenvalue weighted by molar-refractivity contribution is 0.101. The molecule has 2 heterocycles. The fourth-order valence-corrected chi connectivity index (χ4v) is 5.02. The molecule has 0 unspecified atom stereocenters. The molecule has 0 atom stereocenters. The van der Waals surface area contributed by atoms with E-state index in [1.165, 1.54) is 30.8 Å². The van der Waals surface area contributed by atoms with Crippen LogP contribution in [0.15, 0.2) is 28.3 Å². The van der Waals surface area contributed by atoms with Crippen LogP contribution >= 0.6 is 11.8 Å². The van der Waals surface area contributed by atoms with Crippen molar-refractivity contribution in [2.75, 3.05) is 5.75 Å². The van der Waals surface area contributed by atoms with Gasteiger partial charge in [0.25, 0.3) is 0 Å². The molecule has 0 aliphatic rings. The number of nitrogens with zero attached hydrogens (tertiary/aromatic N) is 2. The number of rotatable bonds is 8. The van der Waals surface area contributed by atoms with Gasteiger partial charge in [0.2, 0.25) is 10.0 Å². The monoisotopic (exact) mass is 448 g/mol. The molecular weight excluding hydrogens is 424 g/mol. The molecule has 0 spiro atoms. The van der Waals surface area contributed by atoms with Gasteiger partial charge in [-0.3, -0.25) is 9.59 Å². The molecule has 3 aromatic rings. The Bertz CT molecular complexity index is 1260. The summed E-state index contributed by atoms with van der Waals surface area (Å²) in [6.07, 6.45) is 0.848. The summed E-state index contributed by atoms with van der Waals surface area (Å²) in [7, 11) is -3.83. The summed E-state index contributed by atoms with van der Waals surface area (Å²) in [6, 6.07) is 4.58. The molecule has 0 radical (unpaired) electrons. The van der Waals surface area contributed by atoms with Crippen molar-refractivity contribution < 1.29 is 18.0 Å². The molecule has 10 heteroatoms. The van der Waals surface area contributed by atoms with E-state index in [4.69, 9.17) is 5.14 Å². The van der Waals surface area contributed by atoms with E-state index in [-0.39, 0.29) is 22.2 Å². The van der Waals surface area contributed by atoms with Crippen molar-refractivity contribution in [3.05, 3.63) is 40.7 Å². The number of fused-ring (bicyclic) bond motifs is 1. The molecule has 2 aromatic heterocycles. The van der Waals surface area contributed by atoms with E-state index in [1.54, 1.807) is 19.9 Å². The van der Waals surface area contributed by atoms with Crippen LogP contribution in [0.3, 0.4) is 0 Å². The Balaban J connectivity index is 1.92. The number of carbonyl (C=O) groups excluding carboxylic acids is 2. The van der Waals surface area contributed by atoms with Crippen LogP contribution in [0.5, 0.6) is 0 Å². The van der Waals surface area contributed by atoms with Gasteiger partial charge in [-0.1, -0.05) is 18.7 Å². The van der Waals surface area contributed by atoms with Crippen LogP contribution in [0, 0.1) is 13.8 Å². The summed E-state index contributed by atoms with van der Waals surface area (Å²) in [4.78, 5) is 32.2. The summed E-state index contributed by atoms with van der Waals surface area (Å²) >= 11 is 1.28. The molecular formula is C20H24N4O4S2. The highest BCUT2D eigenvalue weighted by atomic mass is 32.2. The molecule has 0 amide bonds. The Morgan fingerprint density at radius 2 is 1.97 bits per heavy atom. The number of thioether (sulfide) groups is 1. The summed E-state index contributed by atoms with van der Waals surface area (Å²) < 4.78 is 25.2. The zero-order valence-corrected chi connectivity index (χ0v) is 18.9. The van der Waals surface area contributed by atoms with Gasteiger partial charge in [-0.15, -0.1) is 0 Å². The number of hydrogen-bond donors (Lipinski definition) is 2. The largest absolute Gasteiger partial charge is 0.355 e. The molecule has 3 N–H and O–H groups in total. The minimum Gasteiger partial charge on any atom is -0.355 e. The smallest absolute Gasteiger partial charge is 0.238 e. The fraction of sp³-hybridized carbons (Fsp3) is 0.350. The average Bonchev–Trinajstić information content (AvgIpc) is 3.15. The average molecular weight is 449 g/mol. The first-order valence-corrected chi connectivity index (χ1v) is 12.0. The van der Waals surface area contributed by atoms with Crippen LogP contribution in [0.1, 0.15) is 52.4 Å². The standard InChI is InChI=1S/C20H24N4O4S2/c1-5-8-24-16-7-6-14(30(21,27)28)9-15(16)23-20(24)29-10-17(26)19-11(2)18(13(4)25)12(3)22-19/h6-7,9,22H,5,8,10H2,1-4H3,(H2,21,27,28). The van der Waals surface area contributed by atoms with Crippen molar-refractivity contribution >= 4 is 44.4 Å². The molecule has 0 aliphatic carbocycles. The predicted octanol–water partition coefficient (Wildman–Crippen LogP) is 3.22. The van der Waals surface area contributed by atoms with Gasteiger partial charge in [0, 0.05) is 17.8 Å². The normalized spacial score (nSPS) is 11.9. The van der Waals surface area contributed by atoms with Gasteiger partial charge in [0.05, 0.1) is 27.4 Å². The number of benzene rings is 1. The number of sulfonamides is 1. The Labute approximate surface area is 179 Å². The molecule has 30 heavy (non-hydrogen) atoms. The lowest BCUT2D eigenvalue weighted by atomic mass is 10.1. The maximum atomic E-state index is 12.8. The first-order valence-electron chi connectivity index (χ1n) is 9.43. The molecule has 0 aliphatic heterocycles. The third-order valence-electron chi connectivity index (χ3n) is 4.86. The molecule has 0 saturated carbocycles. The van der Waals surface area contributed by atoms with Crippen LogP contribution in [0.4, 0.5) is 0 Å². The number of carbonyl (C=O) groups is 2. The topological polar surface area (TPSA) is 128 Å². The molecule has 0 saturated heterocycles. The van der Waals surface area contributed by atoms with Crippen LogP contribution in [-0.4, -0.2) is 40.3 Å². The first kappa shape index (κ1) is 22.3. The zero-order chi connectivity index (χ0) is 22.2. The van der Waals surface area contributed by atoms with Gasteiger partial charge in [-0.05, 0) is 51.0 Å². The van der Waals surface area contributed by atoms with Crippen molar-refractivity contribution in [2.45, 2.75) is 50.7 Å². The van der Waals surface area contributed by atoms with E-state index in [1.807, 2.05) is 11.5 Å². The number of ketones is 2. The van der Waals surface area contributed by atoms with Crippen molar-refractivity contribution in [1.82, 2.24) is 14.5 Å². The van der Waals surface area contributed by atoms with E-state index >= 15 is 0 Å². The summed E-state index contributed by atoms with van der Waals surface area (Å²) in [5.41, 5.74) is 3.62. The molecule has 8 nitrogen and oxygen atoms in total. The maximum absolute atomic E-state index is 12.8. The van der Waals surface area contributed by atoms with Gasteiger partial charge in [-0.25, -0.2) is 18.5 Å². The van der Waals surface area contributed by atoms with Gasteiger partial charge in [-0.2, -0.15) is 0 Å². The highest BCUT2D eigenvalue weighted by molar-refractivity contribution is 7.99. The minimum atomic E-state index is -3.83. The van der Waals surface area contributed by atoms with Crippen molar-refractivity contribution in [3.8, 4) is 0 Å². The molecule has 0 fully saturated rings. The molecule has 3 rings (SSSR count). The molecule has 1 aromatic carbocycles. The second kappa shape index (κ2) is 8.37. The zero-order valence-electron chi connectivity index (χ0n) is 17.3. The third kappa shape index (κ3) is 4.21. The fourth-order valence-electron chi connectivity index (χ4n) is 3.57. The summed E-state index contributed by atoms with van der Waals surface area (Å²) in [5, 5.41) is 5.85. The highest BCUT2D eigenvalue weighted by Gasteiger charge is 2.21. The lowest BCUT2D eigenvalue weighted by Gasteiger charge is -2.07. The Morgan fingerprint density at radius 1 is 1.27 bits per heavy atom. The molecule has 160 valence electrons. The van der Waals surface area contributed by atoms with Crippen LogP contribution < -0.4 is 5.14 Å². The number of nitrogens with one attached hydrogen (secondary N) is 1. The highest BCUT2D eigenvalue weighted by Crippen LogP contribution is 2.28. The first-order chi connectivity index (χ1) is 14.0. The van der Waals surface area contributed by atoms with E-state index in [0.29, 0.717) is 39.7 Å². The number of nitrogens with two attached hydrogens (primary N) is 1. The Kier molecular flexibility index (Phi) is 6.21. The minimum absolute atomic E-state index is 0.00183. The number of aromatic nitrogens is 3. The number of aryl methyl sites for hydroxylation is 2. The van der Waals surface area contributed by atoms with E-state index in [9.17, 15) is 18.0 Å². The van der Waals surface area contributed by atoms with Gasteiger partial charge in [0.15, 0.2) is 16.7 Å². The third-order valence-corrected chi connectivity index (χ3v) is 6.75. The van der Waals surface area contributed by atoms with Crippen LogP contribution in [-0.2, 0) is 16.6 Å². The lowest BCUT2D eigenvalue weighted by Crippen LogP contribution is -2.11. The van der Waals surface area contributed by atoms with Crippen LogP contribution in [0.25, 0.3) is 11.0 Å². The number of hydrogen-bond acceptors (Lipinski definition) is 6. The van der Waals surface area contributed by atoms with Gasteiger partial charge in [0.1, 0.15) is 0 Å². The van der Waals surface area contributed by atoms with Crippen molar-refractivity contribution in [1.29, 1.82) is 0 Å².